The predicted molar refractivity (Wildman–Crippen MR) is 84.5 cm³/mol. The van der Waals surface area contributed by atoms with Crippen molar-refractivity contribution in [3.63, 3.8) is 0 Å². The normalized spacial score (nSPS) is 21.7. The van der Waals surface area contributed by atoms with Crippen LogP contribution in [-0.2, 0) is 0 Å². The Kier molecular flexibility index (Phi) is 9.16. The molecule has 2 nitrogen and oxygen atoms in total. The highest BCUT2D eigenvalue weighted by atomic mass is 32.2. The van der Waals surface area contributed by atoms with E-state index in [4.69, 9.17) is 0 Å². The van der Waals surface area contributed by atoms with Crippen LogP contribution in [0.3, 0.4) is 0 Å². The van der Waals surface area contributed by atoms with Crippen molar-refractivity contribution in [3.05, 3.63) is 0 Å². The van der Waals surface area contributed by atoms with Crippen LogP contribution in [0.5, 0.6) is 0 Å². The number of unbranched alkanes of at least 4 members (excludes halogenated alkanes) is 3. The minimum Gasteiger partial charge on any atom is -0.311 e. The maximum atomic E-state index is 3.65. The Morgan fingerprint density at radius 2 is 2.00 bits per heavy atom. The summed E-state index contributed by atoms with van der Waals surface area (Å²) in [5.41, 5.74) is 0. The Bertz CT molecular complexity index is 197. The van der Waals surface area contributed by atoms with Crippen LogP contribution in [0.4, 0.5) is 0 Å². The fourth-order valence-electron chi connectivity index (χ4n) is 2.76. The Morgan fingerprint density at radius 1 is 1.22 bits per heavy atom. The van der Waals surface area contributed by atoms with Gasteiger partial charge in [-0.1, -0.05) is 26.7 Å². The number of hydrogen-bond donors (Lipinski definition) is 1. The quantitative estimate of drug-likeness (QED) is 0.649. The average Bonchev–Trinajstić information content (AvgIpc) is 2.33. The molecular formula is C15H32N2S. The minimum atomic E-state index is 0.732. The minimum absolute atomic E-state index is 0.732. The molecule has 0 saturated carbocycles. The fraction of sp³-hybridized carbons (Fsp3) is 1.00. The van der Waals surface area contributed by atoms with E-state index in [0.29, 0.717) is 0 Å². The molecule has 108 valence electrons. The van der Waals surface area contributed by atoms with E-state index < -0.39 is 0 Å². The molecule has 1 aliphatic heterocycles. The molecule has 1 unspecified atom stereocenters. The molecule has 1 saturated heterocycles. The molecule has 1 N–H and O–H groups in total. The molecule has 0 amide bonds. The first-order valence-electron chi connectivity index (χ1n) is 7.67. The van der Waals surface area contributed by atoms with Crippen molar-refractivity contribution in [2.45, 2.75) is 52.0 Å². The van der Waals surface area contributed by atoms with Gasteiger partial charge in [-0.3, -0.25) is 0 Å². The van der Waals surface area contributed by atoms with Crippen molar-refractivity contribution < 1.29 is 0 Å². The molecule has 1 heterocycles. The van der Waals surface area contributed by atoms with Gasteiger partial charge in [0.05, 0.1) is 0 Å². The van der Waals surface area contributed by atoms with Crippen LogP contribution in [0.1, 0.15) is 46.0 Å². The zero-order valence-electron chi connectivity index (χ0n) is 12.6. The van der Waals surface area contributed by atoms with Crippen molar-refractivity contribution in [3.8, 4) is 0 Å². The smallest absolute Gasteiger partial charge is 0.0197 e. The van der Waals surface area contributed by atoms with Crippen LogP contribution >= 0.6 is 11.8 Å². The molecule has 0 aliphatic carbocycles. The van der Waals surface area contributed by atoms with Crippen molar-refractivity contribution in [1.82, 2.24) is 10.2 Å². The zero-order valence-corrected chi connectivity index (χ0v) is 13.4. The average molecular weight is 273 g/mol. The van der Waals surface area contributed by atoms with Crippen molar-refractivity contribution in [2.75, 3.05) is 38.2 Å². The van der Waals surface area contributed by atoms with Gasteiger partial charge in [0.1, 0.15) is 0 Å². The topological polar surface area (TPSA) is 15.3 Å². The monoisotopic (exact) mass is 272 g/mol. The molecule has 0 bridgehead atoms. The molecule has 0 radical (unpaired) electrons. The summed E-state index contributed by atoms with van der Waals surface area (Å²) in [5.74, 6) is 2.15. The molecule has 1 fully saturated rings. The van der Waals surface area contributed by atoms with Gasteiger partial charge in [-0.2, -0.15) is 11.8 Å². The lowest BCUT2D eigenvalue weighted by molar-refractivity contribution is 0.183. The Balaban J connectivity index is 2.03. The largest absolute Gasteiger partial charge is 0.311 e. The van der Waals surface area contributed by atoms with Crippen LogP contribution < -0.4 is 5.32 Å². The van der Waals surface area contributed by atoms with Crippen molar-refractivity contribution >= 4 is 11.8 Å². The number of nitrogens with one attached hydrogen (secondary N) is 1. The molecule has 1 aliphatic rings. The molecular weight excluding hydrogens is 240 g/mol. The summed E-state index contributed by atoms with van der Waals surface area (Å²) in [5, 5.41) is 3.65. The van der Waals surface area contributed by atoms with E-state index in [2.05, 4.69) is 30.3 Å². The molecule has 18 heavy (non-hydrogen) atoms. The van der Waals surface area contributed by atoms with Gasteiger partial charge >= 0.3 is 0 Å². The number of thioether (sulfide) groups is 1. The van der Waals surface area contributed by atoms with Gasteiger partial charge in [0, 0.05) is 25.7 Å². The van der Waals surface area contributed by atoms with Gasteiger partial charge in [0.15, 0.2) is 0 Å². The first kappa shape index (κ1) is 16.3. The summed E-state index contributed by atoms with van der Waals surface area (Å²) in [6, 6.07) is 0.732. The van der Waals surface area contributed by atoms with Gasteiger partial charge in [0.2, 0.25) is 0 Å². The van der Waals surface area contributed by atoms with E-state index in [1.165, 1.54) is 64.0 Å². The molecule has 1 rings (SSSR count). The lowest BCUT2D eigenvalue weighted by Gasteiger charge is -2.34. The third-order valence-corrected chi connectivity index (χ3v) is 4.37. The molecule has 0 spiro atoms. The molecule has 3 heteroatoms. The van der Waals surface area contributed by atoms with Crippen molar-refractivity contribution in [2.24, 2.45) is 5.92 Å². The Labute approximate surface area is 118 Å². The maximum absolute atomic E-state index is 3.65. The van der Waals surface area contributed by atoms with E-state index in [-0.39, 0.29) is 0 Å². The summed E-state index contributed by atoms with van der Waals surface area (Å²) in [6.45, 7) is 9.67. The number of piperazine rings is 1. The first-order chi connectivity index (χ1) is 8.72. The lowest BCUT2D eigenvalue weighted by atomic mass is 10.0. The van der Waals surface area contributed by atoms with Gasteiger partial charge in [-0.25, -0.2) is 0 Å². The molecule has 1 atom stereocenters. The number of hydrogen-bond acceptors (Lipinski definition) is 3. The third kappa shape index (κ3) is 7.65. The summed E-state index contributed by atoms with van der Waals surface area (Å²) in [6.07, 6.45) is 9.16. The molecule has 0 aromatic heterocycles. The second kappa shape index (κ2) is 10.1. The molecule has 0 aromatic carbocycles. The summed E-state index contributed by atoms with van der Waals surface area (Å²) in [4.78, 5) is 2.66. The van der Waals surface area contributed by atoms with Crippen LogP contribution in [0.2, 0.25) is 0 Å². The van der Waals surface area contributed by atoms with Crippen LogP contribution in [-0.4, -0.2) is 49.1 Å². The van der Waals surface area contributed by atoms with Crippen LogP contribution in [0.25, 0.3) is 0 Å². The fourth-order valence-corrected chi connectivity index (χ4v) is 3.25. The highest BCUT2D eigenvalue weighted by molar-refractivity contribution is 7.98. The van der Waals surface area contributed by atoms with Gasteiger partial charge in [0.25, 0.3) is 0 Å². The second-order valence-electron chi connectivity index (χ2n) is 5.99. The summed E-state index contributed by atoms with van der Waals surface area (Å²) in [7, 11) is 0. The van der Waals surface area contributed by atoms with Crippen LogP contribution in [0.15, 0.2) is 0 Å². The summed E-state index contributed by atoms with van der Waals surface area (Å²) < 4.78 is 0. The van der Waals surface area contributed by atoms with E-state index in [1.807, 2.05) is 11.8 Å². The third-order valence-electron chi connectivity index (χ3n) is 3.67. The highest BCUT2D eigenvalue weighted by Crippen LogP contribution is 2.11. The van der Waals surface area contributed by atoms with Crippen LogP contribution in [0, 0.1) is 5.92 Å². The maximum Gasteiger partial charge on any atom is 0.0197 e. The predicted octanol–water partition coefficient (Wildman–Crippen LogP) is 3.23. The van der Waals surface area contributed by atoms with Crippen molar-refractivity contribution in [1.29, 1.82) is 0 Å². The number of rotatable bonds is 9. The zero-order chi connectivity index (χ0) is 13.2. The van der Waals surface area contributed by atoms with E-state index in [1.54, 1.807) is 0 Å². The Hall–Kier alpha value is 0.270. The second-order valence-corrected chi connectivity index (χ2v) is 6.97. The SMILES string of the molecule is CSCCCCCCN1CCNC(CC(C)C)C1. The van der Waals surface area contributed by atoms with Gasteiger partial charge in [-0.15, -0.1) is 0 Å². The molecule has 0 aromatic rings. The van der Waals surface area contributed by atoms with E-state index >= 15 is 0 Å². The highest BCUT2D eigenvalue weighted by Gasteiger charge is 2.19. The summed E-state index contributed by atoms with van der Waals surface area (Å²) >= 11 is 1.97. The van der Waals surface area contributed by atoms with E-state index in [0.717, 1.165) is 12.0 Å². The number of nitrogens with zero attached hydrogens (tertiary/aromatic N) is 1. The standard InChI is InChI=1S/C15H32N2S/c1-14(2)12-15-13-17(10-8-16-15)9-6-4-5-7-11-18-3/h14-16H,4-13H2,1-3H3. The van der Waals surface area contributed by atoms with E-state index in [9.17, 15) is 0 Å². The first-order valence-corrected chi connectivity index (χ1v) is 9.06. The van der Waals surface area contributed by atoms with Gasteiger partial charge in [-0.05, 0) is 43.7 Å². The lowest BCUT2D eigenvalue weighted by Crippen LogP contribution is -2.51. The Morgan fingerprint density at radius 3 is 2.72 bits per heavy atom. The van der Waals surface area contributed by atoms with Gasteiger partial charge < -0.3 is 10.2 Å².